The van der Waals surface area contributed by atoms with Crippen LogP contribution in [-0.2, 0) is 11.2 Å². The molecule has 1 N–H and O–H groups in total. The van der Waals surface area contributed by atoms with E-state index in [9.17, 15) is 4.79 Å². The summed E-state index contributed by atoms with van der Waals surface area (Å²) in [6.07, 6.45) is 4.96. The largest absolute Gasteiger partial charge is 0.350 e. The Kier molecular flexibility index (Phi) is 6.21. The van der Waals surface area contributed by atoms with E-state index in [2.05, 4.69) is 46.1 Å². The van der Waals surface area contributed by atoms with Gasteiger partial charge < -0.3 is 14.7 Å². The van der Waals surface area contributed by atoms with Crippen LogP contribution in [0.1, 0.15) is 45.9 Å². The molecule has 2 aromatic heterocycles. The monoisotopic (exact) mass is 371 g/mol. The number of carbonyl (C=O) groups is 1. The third-order valence-corrected chi connectivity index (χ3v) is 4.77. The summed E-state index contributed by atoms with van der Waals surface area (Å²) in [4.78, 5) is 23.4. The minimum Gasteiger partial charge on any atom is -0.350 e. The van der Waals surface area contributed by atoms with Gasteiger partial charge in [-0.15, -0.1) is 0 Å². The molecule has 1 aliphatic heterocycles. The molecule has 3 heterocycles. The highest BCUT2D eigenvalue weighted by atomic mass is 16.5. The van der Waals surface area contributed by atoms with Crippen molar-refractivity contribution in [1.82, 2.24) is 25.3 Å². The van der Waals surface area contributed by atoms with Crippen LogP contribution in [0.4, 0.5) is 0 Å². The maximum Gasteiger partial charge on any atom is 0.227 e. The van der Waals surface area contributed by atoms with Crippen molar-refractivity contribution in [3.63, 3.8) is 0 Å². The Morgan fingerprint density at radius 3 is 3.00 bits per heavy atom. The SMILES string of the molecule is CC1CCCN(CC(C)(C)NC(=O)CCc2nc(-c3ccccn3)no2)C1. The van der Waals surface area contributed by atoms with E-state index in [-0.39, 0.29) is 11.4 Å². The second kappa shape index (κ2) is 8.61. The van der Waals surface area contributed by atoms with Crippen molar-refractivity contribution < 1.29 is 9.32 Å². The standard InChI is InChI=1S/C20H29N5O2/c1-15-7-6-12-25(13-15)14-20(2,3)23-17(26)9-10-18-22-19(24-27-18)16-8-4-5-11-21-16/h4-5,8,11,15H,6-7,9-10,12-14H2,1-3H3,(H,23,26). The molecule has 146 valence electrons. The van der Waals surface area contributed by atoms with E-state index in [0.717, 1.165) is 25.6 Å². The number of carbonyl (C=O) groups excluding carboxylic acids is 1. The summed E-state index contributed by atoms with van der Waals surface area (Å²) in [5.74, 6) is 1.64. The normalized spacial score (nSPS) is 18.4. The van der Waals surface area contributed by atoms with Crippen molar-refractivity contribution in [2.75, 3.05) is 19.6 Å². The first-order valence-electron chi connectivity index (χ1n) is 9.69. The molecule has 1 amide bonds. The van der Waals surface area contributed by atoms with Crippen LogP contribution >= 0.6 is 0 Å². The molecule has 0 aliphatic carbocycles. The van der Waals surface area contributed by atoms with Gasteiger partial charge in [-0.2, -0.15) is 4.98 Å². The minimum atomic E-state index is -0.262. The smallest absolute Gasteiger partial charge is 0.227 e. The Labute approximate surface area is 160 Å². The lowest BCUT2D eigenvalue weighted by molar-refractivity contribution is -0.123. The molecule has 7 heteroatoms. The highest BCUT2D eigenvalue weighted by Crippen LogP contribution is 2.18. The zero-order chi connectivity index (χ0) is 19.3. The number of aryl methyl sites for hydroxylation is 1. The molecule has 7 nitrogen and oxygen atoms in total. The molecule has 0 spiro atoms. The van der Waals surface area contributed by atoms with Gasteiger partial charge in [-0.25, -0.2) is 0 Å². The van der Waals surface area contributed by atoms with Gasteiger partial charge in [-0.3, -0.25) is 9.78 Å². The third-order valence-electron chi connectivity index (χ3n) is 4.77. The van der Waals surface area contributed by atoms with Gasteiger partial charge in [0, 0.05) is 37.7 Å². The molecule has 1 unspecified atom stereocenters. The van der Waals surface area contributed by atoms with Crippen LogP contribution in [0.15, 0.2) is 28.9 Å². The third kappa shape index (κ3) is 5.85. The van der Waals surface area contributed by atoms with Crippen LogP contribution < -0.4 is 5.32 Å². The molecule has 0 bridgehead atoms. The van der Waals surface area contributed by atoms with Gasteiger partial charge in [0.2, 0.25) is 17.6 Å². The number of amides is 1. The molecule has 0 radical (unpaired) electrons. The van der Waals surface area contributed by atoms with Gasteiger partial charge in [-0.1, -0.05) is 18.1 Å². The van der Waals surface area contributed by atoms with Crippen molar-refractivity contribution >= 4 is 5.91 Å². The quantitative estimate of drug-likeness (QED) is 0.806. The highest BCUT2D eigenvalue weighted by Gasteiger charge is 2.26. The van der Waals surface area contributed by atoms with Gasteiger partial charge in [0.05, 0.1) is 0 Å². The first-order valence-corrected chi connectivity index (χ1v) is 9.69. The lowest BCUT2D eigenvalue weighted by Crippen LogP contribution is -2.53. The Morgan fingerprint density at radius 2 is 2.26 bits per heavy atom. The zero-order valence-corrected chi connectivity index (χ0v) is 16.4. The molecule has 1 saturated heterocycles. The molecular formula is C20H29N5O2. The maximum atomic E-state index is 12.4. The van der Waals surface area contributed by atoms with Gasteiger partial charge in [0.15, 0.2) is 0 Å². The van der Waals surface area contributed by atoms with E-state index >= 15 is 0 Å². The summed E-state index contributed by atoms with van der Waals surface area (Å²) in [5, 5.41) is 7.08. The number of nitrogens with one attached hydrogen (secondary N) is 1. The van der Waals surface area contributed by atoms with Gasteiger partial charge in [0.25, 0.3) is 0 Å². The number of aromatic nitrogens is 3. The van der Waals surface area contributed by atoms with Crippen molar-refractivity contribution in [3.8, 4) is 11.5 Å². The van der Waals surface area contributed by atoms with E-state index in [0.29, 0.717) is 30.3 Å². The van der Waals surface area contributed by atoms with E-state index in [4.69, 9.17) is 4.52 Å². The molecule has 1 fully saturated rings. The first kappa shape index (κ1) is 19.5. The van der Waals surface area contributed by atoms with E-state index < -0.39 is 0 Å². The minimum absolute atomic E-state index is 0.00245. The number of piperidine rings is 1. The fourth-order valence-electron chi connectivity index (χ4n) is 3.64. The van der Waals surface area contributed by atoms with Crippen molar-refractivity contribution in [1.29, 1.82) is 0 Å². The van der Waals surface area contributed by atoms with E-state index in [1.54, 1.807) is 6.20 Å². The summed E-state index contributed by atoms with van der Waals surface area (Å²) < 4.78 is 5.24. The highest BCUT2D eigenvalue weighted by molar-refractivity contribution is 5.76. The topological polar surface area (TPSA) is 84.2 Å². The predicted molar refractivity (Wildman–Crippen MR) is 103 cm³/mol. The van der Waals surface area contributed by atoms with Crippen LogP contribution in [0.2, 0.25) is 0 Å². The number of nitrogens with zero attached hydrogens (tertiary/aromatic N) is 4. The Bertz CT molecular complexity index is 744. The van der Waals surface area contributed by atoms with Crippen molar-refractivity contribution in [2.24, 2.45) is 5.92 Å². The van der Waals surface area contributed by atoms with Gasteiger partial charge in [-0.05, 0) is 51.3 Å². The maximum absolute atomic E-state index is 12.4. The second-order valence-corrected chi connectivity index (χ2v) is 8.14. The van der Waals surface area contributed by atoms with Crippen molar-refractivity contribution in [3.05, 3.63) is 30.3 Å². The van der Waals surface area contributed by atoms with Gasteiger partial charge in [0.1, 0.15) is 5.69 Å². The molecule has 0 aromatic carbocycles. The Morgan fingerprint density at radius 1 is 1.41 bits per heavy atom. The molecule has 2 aromatic rings. The lowest BCUT2D eigenvalue weighted by Gasteiger charge is -2.37. The molecule has 27 heavy (non-hydrogen) atoms. The summed E-state index contributed by atoms with van der Waals surface area (Å²) in [6.45, 7) is 9.54. The van der Waals surface area contributed by atoms with Gasteiger partial charge >= 0.3 is 0 Å². The van der Waals surface area contributed by atoms with Crippen LogP contribution in [0, 0.1) is 5.92 Å². The molecule has 1 aliphatic rings. The van der Waals surface area contributed by atoms with E-state index in [1.165, 1.54) is 12.8 Å². The summed E-state index contributed by atoms with van der Waals surface area (Å²) >= 11 is 0. The van der Waals surface area contributed by atoms with Crippen LogP contribution in [0.25, 0.3) is 11.5 Å². The second-order valence-electron chi connectivity index (χ2n) is 8.14. The number of rotatable bonds is 7. The zero-order valence-electron chi connectivity index (χ0n) is 16.4. The fraction of sp³-hybridized carbons (Fsp3) is 0.600. The number of pyridine rings is 1. The first-order chi connectivity index (χ1) is 12.9. The predicted octanol–water partition coefficient (Wildman–Crippen LogP) is 2.69. The Hall–Kier alpha value is -2.28. The van der Waals surface area contributed by atoms with Crippen LogP contribution in [0.3, 0.4) is 0 Å². The lowest BCUT2D eigenvalue weighted by atomic mass is 9.97. The number of likely N-dealkylation sites (tertiary alicyclic amines) is 1. The average molecular weight is 371 g/mol. The molecule has 3 rings (SSSR count). The van der Waals surface area contributed by atoms with Crippen molar-refractivity contribution in [2.45, 2.75) is 52.0 Å². The molecule has 0 saturated carbocycles. The number of hydrogen-bond acceptors (Lipinski definition) is 6. The van der Waals surface area contributed by atoms with Crippen LogP contribution in [0.5, 0.6) is 0 Å². The molecule has 1 atom stereocenters. The Balaban J connectivity index is 1.47. The summed E-state index contributed by atoms with van der Waals surface area (Å²) in [7, 11) is 0. The number of hydrogen-bond donors (Lipinski definition) is 1. The molecular weight excluding hydrogens is 342 g/mol. The summed E-state index contributed by atoms with van der Waals surface area (Å²) in [6, 6.07) is 5.53. The van der Waals surface area contributed by atoms with E-state index in [1.807, 2.05) is 18.2 Å². The fourth-order valence-corrected chi connectivity index (χ4v) is 3.64. The average Bonchev–Trinajstić information content (AvgIpc) is 3.09. The van der Waals surface area contributed by atoms with Crippen LogP contribution in [-0.4, -0.2) is 51.1 Å². The summed E-state index contributed by atoms with van der Waals surface area (Å²) in [5.41, 5.74) is 0.399.